The number of rotatable bonds is 8. The van der Waals surface area contributed by atoms with Crippen molar-refractivity contribution in [3.63, 3.8) is 0 Å². The van der Waals surface area contributed by atoms with E-state index >= 15 is 0 Å². The van der Waals surface area contributed by atoms with Crippen molar-refractivity contribution >= 4 is 0 Å². The summed E-state index contributed by atoms with van der Waals surface area (Å²) in [6, 6.07) is 10.9. The van der Waals surface area contributed by atoms with Crippen LogP contribution in [0.25, 0.3) is 0 Å². The molecule has 1 aromatic carbocycles. The normalized spacial score (nSPS) is 16.2. The maximum atomic E-state index is 6.41. The van der Waals surface area contributed by atoms with Crippen molar-refractivity contribution in [1.82, 2.24) is 0 Å². The Morgan fingerprint density at radius 1 is 1.22 bits per heavy atom. The summed E-state index contributed by atoms with van der Waals surface area (Å²) in [5.41, 5.74) is 7.78. The van der Waals surface area contributed by atoms with Crippen LogP contribution in [0.4, 0.5) is 0 Å². The molecule has 0 heterocycles. The largest absolute Gasteiger partial charge is 0.385 e. The highest BCUT2D eigenvalue weighted by atomic mass is 16.5. The molecule has 0 aliphatic heterocycles. The van der Waals surface area contributed by atoms with Gasteiger partial charge in [0.05, 0.1) is 0 Å². The van der Waals surface area contributed by atoms with E-state index in [1.807, 2.05) is 0 Å². The highest BCUT2D eigenvalue weighted by Gasteiger charge is 2.24. The first-order chi connectivity index (χ1) is 8.70. The molecule has 2 N–H and O–H groups in total. The quantitative estimate of drug-likeness (QED) is 0.715. The molecule has 102 valence electrons. The highest BCUT2D eigenvalue weighted by molar-refractivity contribution is 5.22. The molecule has 0 bridgehead atoms. The lowest BCUT2D eigenvalue weighted by Gasteiger charge is -2.29. The average Bonchev–Trinajstić information content (AvgIpc) is 2.40. The molecule has 2 heteroatoms. The van der Waals surface area contributed by atoms with Gasteiger partial charge < -0.3 is 10.5 Å². The number of methoxy groups -OCH3 is 1. The Hall–Kier alpha value is -0.860. The number of hydrogen-bond donors (Lipinski definition) is 1. The van der Waals surface area contributed by atoms with Crippen molar-refractivity contribution in [2.45, 2.75) is 45.1 Å². The smallest absolute Gasteiger partial charge is 0.0462 e. The molecule has 0 amide bonds. The van der Waals surface area contributed by atoms with E-state index in [1.54, 1.807) is 7.11 Å². The van der Waals surface area contributed by atoms with Crippen molar-refractivity contribution in [3.05, 3.63) is 35.9 Å². The summed E-state index contributed by atoms with van der Waals surface area (Å²) in [4.78, 5) is 0. The maximum Gasteiger partial charge on any atom is 0.0462 e. The summed E-state index contributed by atoms with van der Waals surface area (Å²) < 4.78 is 5.11. The van der Waals surface area contributed by atoms with Gasteiger partial charge in [0, 0.05) is 25.7 Å². The van der Waals surface area contributed by atoms with Gasteiger partial charge in [-0.1, -0.05) is 50.6 Å². The van der Waals surface area contributed by atoms with Crippen LogP contribution in [0.2, 0.25) is 0 Å². The minimum absolute atomic E-state index is 0.220. The number of benzene rings is 1. The van der Waals surface area contributed by atoms with Crippen LogP contribution in [-0.2, 0) is 4.74 Å². The Morgan fingerprint density at radius 2 is 1.89 bits per heavy atom. The predicted molar refractivity (Wildman–Crippen MR) is 77.7 cm³/mol. The van der Waals surface area contributed by atoms with Gasteiger partial charge in [0.25, 0.3) is 0 Å². The van der Waals surface area contributed by atoms with Gasteiger partial charge in [-0.25, -0.2) is 0 Å². The molecule has 18 heavy (non-hydrogen) atoms. The first-order valence-electron chi connectivity index (χ1n) is 7.00. The molecule has 0 aromatic heterocycles. The van der Waals surface area contributed by atoms with Crippen molar-refractivity contribution in [2.24, 2.45) is 11.7 Å². The zero-order chi connectivity index (χ0) is 13.4. The molecular weight excluding hydrogens is 222 g/mol. The Kier molecular flexibility index (Phi) is 6.99. The molecule has 0 radical (unpaired) electrons. The van der Waals surface area contributed by atoms with Gasteiger partial charge in [-0.3, -0.25) is 0 Å². The summed E-state index contributed by atoms with van der Waals surface area (Å²) in [5, 5.41) is 0. The Morgan fingerprint density at radius 3 is 2.44 bits per heavy atom. The lowest BCUT2D eigenvalue weighted by Crippen LogP contribution is -2.32. The van der Waals surface area contributed by atoms with E-state index in [1.165, 1.54) is 5.56 Å². The zero-order valence-electron chi connectivity index (χ0n) is 11.9. The average molecular weight is 249 g/mol. The van der Waals surface area contributed by atoms with Crippen LogP contribution in [0.1, 0.15) is 44.6 Å². The van der Waals surface area contributed by atoms with Crippen LogP contribution in [0, 0.1) is 5.92 Å². The summed E-state index contributed by atoms with van der Waals surface area (Å²) in [6.45, 7) is 5.34. The van der Waals surface area contributed by atoms with Gasteiger partial charge in [-0.05, 0) is 24.3 Å². The molecule has 0 saturated heterocycles. The van der Waals surface area contributed by atoms with Gasteiger partial charge >= 0.3 is 0 Å². The van der Waals surface area contributed by atoms with Crippen molar-refractivity contribution in [3.8, 4) is 0 Å². The Labute approximate surface area is 112 Å². The topological polar surface area (TPSA) is 35.2 Å². The molecule has 3 atom stereocenters. The van der Waals surface area contributed by atoms with Crippen LogP contribution >= 0.6 is 0 Å². The molecule has 1 rings (SSSR count). The minimum atomic E-state index is 0.220. The monoisotopic (exact) mass is 249 g/mol. The van der Waals surface area contributed by atoms with Crippen LogP contribution < -0.4 is 5.73 Å². The first-order valence-corrected chi connectivity index (χ1v) is 7.00. The zero-order valence-corrected chi connectivity index (χ0v) is 11.9. The molecule has 3 unspecified atom stereocenters. The van der Waals surface area contributed by atoms with Gasteiger partial charge in [-0.15, -0.1) is 0 Å². The second-order valence-electron chi connectivity index (χ2n) is 5.12. The maximum absolute atomic E-state index is 6.41. The van der Waals surface area contributed by atoms with E-state index in [-0.39, 0.29) is 6.04 Å². The molecule has 0 aliphatic rings. The summed E-state index contributed by atoms with van der Waals surface area (Å²) in [6.07, 6.45) is 3.23. The lowest BCUT2D eigenvalue weighted by atomic mass is 9.79. The van der Waals surface area contributed by atoms with E-state index < -0.39 is 0 Å². The van der Waals surface area contributed by atoms with E-state index in [4.69, 9.17) is 10.5 Å². The van der Waals surface area contributed by atoms with Gasteiger partial charge in [0.2, 0.25) is 0 Å². The van der Waals surface area contributed by atoms with Gasteiger partial charge in [0.15, 0.2) is 0 Å². The summed E-state index contributed by atoms with van der Waals surface area (Å²) in [7, 11) is 1.74. The number of ether oxygens (including phenoxy) is 1. The van der Waals surface area contributed by atoms with Crippen LogP contribution in [0.3, 0.4) is 0 Å². The number of hydrogen-bond acceptors (Lipinski definition) is 2. The van der Waals surface area contributed by atoms with Crippen LogP contribution in [-0.4, -0.2) is 19.8 Å². The fourth-order valence-corrected chi connectivity index (χ4v) is 2.57. The third-order valence-electron chi connectivity index (χ3n) is 3.79. The van der Waals surface area contributed by atoms with E-state index in [0.29, 0.717) is 11.8 Å². The Bertz CT molecular complexity index is 312. The summed E-state index contributed by atoms with van der Waals surface area (Å²) >= 11 is 0. The third-order valence-corrected chi connectivity index (χ3v) is 3.79. The standard InChI is InChI=1S/C16H27NO/c1-4-13(2)16(14-9-6-5-7-10-14)15(17)11-8-12-18-3/h5-7,9-10,13,15-16H,4,8,11-12,17H2,1-3H3. The van der Waals surface area contributed by atoms with Crippen LogP contribution in [0.5, 0.6) is 0 Å². The second kappa shape index (κ2) is 8.28. The molecule has 1 aromatic rings. The van der Waals surface area contributed by atoms with Crippen molar-refractivity contribution < 1.29 is 4.74 Å². The van der Waals surface area contributed by atoms with Gasteiger partial charge in [0.1, 0.15) is 0 Å². The first kappa shape index (κ1) is 15.2. The Balaban J connectivity index is 2.72. The fourth-order valence-electron chi connectivity index (χ4n) is 2.57. The molecule has 0 saturated carbocycles. The fraction of sp³-hybridized carbons (Fsp3) is 0.625. The number of nitrogens with two attached hydrogens (primary N) is 1. The summed E-state index contributed by atoms with van der Waals surface area (Å²) in [5.74, 6) is 1.07. The molecule has 0 fully saturated rings. The molecule has 2 nitrogen and oxygen atoms in total. The van der Waals surface area contributed by atoms with E-state index in [2.05, 4.69) is 44.2 Å². The SMILES string of the molecule is CCC(C)C(c1ccccc1)C(N)CCCOC. The van der Waals surface area contributed by atoms with E-state index in [0.717, 1.165) is 25.9 Å². The molecule has 0 spiro atoms. The molecule has 0 aliphatic carbocycles. The minimum Gasteiger partial charge on any atom is -0.385 e. The molecular formula is C16H27NO. The van der Waals surface area contributed by atoms with Crippen LogP contribution in [0.15, 0.2) is 30.3 Å². The van der Waals surface area contributed by atoms with Crippen molar-refractivity contribution in [2.75, 3.05) is 13.7 Å². The van der Waals surface area contributed by atoms with Gasteiger partial charge in [-0.2, -0.15) is 0 Å². The third kappa shape index (κ3) is 4.43. The predicted octanol–water partition coefficient (Wildman–Crippen LogP) is 3.57. The lowest BCUT2D eigenvalue weighted by molar-refractivity contribution is 0.187. The second-order valence-corrected chi connectivity index (χ2v) is 5.12. The van der Waals surface area contributed by atoms with E-state index in [9.17, 15) is 0 Å². The highest BCUT2D eigenvalue weighted by Crippen LogP contribution is 2.31. The van der Waals surface area contributed by atoms with Crippen molar-refractivity contribution in [1.29, 1.82) is 0 Å².